The lowest BCUT2D eigenvalue weighted by Gasteiger charge is -2.09. The normalized spacial score (nSPS) is 11.2. The molecular formula is C17H20N4O2S. The molecule has 0 saturated carbocycles. The highest BCUT2D eigenvalue weighted by Crippen LogP contribution is 2.32. The molecule has 0 radical (unpaired) electrons. The van der Waals surface area contributed by atoms with Gasteiger partial charge in [0.2, 0.25) is 0 Å². The van der Waals surface area contributed by atoms with Crippen LogP contribution in [-0.2, 0) is 7.05 Å². The number of ether oxygens (including phenoxy) is 1. The van der Waals surface area contributed by atoms with Gasteiger partial charge in [0, 0.05) is 18.5 Å². The van der Waals surface area contributed by atoms with Crippen LogP contribution in [-0.4, -0.2) is 22.8 Å². The van der Waals surface area contributed by atoms with E-state index in [0.29, 0.717) is 27.9 Å². The van der Waals surface area contributed by atoms with Gasteiger partial charge in [-0.05, 0) is 24.1 Å². The van der Waals surface area contributed by atoms with Crippen LogP contribution in [0.4, 0.5) is 11.4 Å². The van der Waals surface area contributed by atoms with Gasteiger partial charge in [0.25, 0.3) is 5.91 Å². The van der Waals surface area contributed by atoms with Gasteiger partial charge in [-0.2, -0.15) is 5.10 Å². The van der Waals surface area contributed by atoms with Crippen molar-refractivity contribution in [2.75, 3.05) is 18.2 Å². The zero-order chi connectivity index (χ0) is 17.4. The van der Waals surface area contributed by atoms with E-state index in [1.807, 2.05) is 17.8 Å². The molecule has 0 spiro atoms. The van der Waals surface area contributed by atoms with E-state index in [1.165, 1.54) is 11.3 Å². The summed E-state index contributed by atoms with van der Waals surface area (Å²) in [4.78, 5) is 14.2. The summed E-state index contributed by atoms with van der Waals surface area (Å²) in [7, 11) is 3.47. The maximum absolute atomic E-state index is 12.6. The van der Waals surface area contributed by atoms with Gasteiger partial charge in [-0.15, -0.1) is 11.3 Å². The van der Waals surface area contributed by atoms with Gasteiger partial charge in [0.05, 0.1) is 29.1 Å². The molecule has 7 heteroatoms. The number of amides is 1. The number of thiophene rings is 1. The maximum Gasteiger partial charge on any atom is 0.265 e. The maximum atomic E-state index is 12.6. The Morgan fingerprint density at radius 2 is 2.12 bits per heavy atom. The van der Waals surface area contributed by atoms with Crippen molar-refractivity contribution in [3.63, 3.8) is 0 Å². The molecule has 0 saturated heterocycles. The third-order valence-electron chi connectivity index (χ3n) is 3.82. The van der Waals surface area contributed by atoms with Crippen molar-refractivity contribution >= 4 is 38.8 Å². The van der Waals surface area contributed by atoms with Crippen molar-refractivity contribution in [1.29, 1.82) is 0 Å². The molecule has 3 N–H and O–H groups in total. The number of nitrogens with two attached hydrogens (primary N) is 1. The molecule has 0 fully saturated rings. The highest BCUT2D eigenvalue weighted by molar-refractivity contribution is 7.20. The standard InChI is InChI=1S/C17H20N4O2S/c1-9(2)15-11-8-14(24-17(11)21(3)20-15)16(22)19-13-7-10(23-4)5-6-12(13)18/h5-9H,18H2,1-4H3,(H,19,22). The first kappa shape index (κ1) is 16.3. The second-order valence-electron chi connectivity index (χ2n) is 5.90. The monoisotopic (exact) mass is 344 g/mol. The number of nitrogen functional groups attached to an aromatic ring is 1. The molecule has 24 heavy (non-hydrogen) atoms. The van der Waals surface area contributed by atoms with E-state index in [1.54, 1.807) is 25.3 Å². The van der Waals surface area contributed by atoms with Gasteiger partial charge >= 0.3 is 0 Å². The minimum absolute atomic E-state index is 0.189. The fraction of sp³-hybridized carbons (Fsp3) is 0.294. The number of anilines is 2. The van der Waals surface area contributed by atoms with Gasteiger partial charge in [-0.3, -0.25) is 9.48 Å². The largest absolute Gasteiger partial charge is 0.497 e. The molecule has 0 aliphatic carbocycles. The first-order chi connectivity index (χ1) is 11.4. The number of nitrogens with zero attached hydrogens (tertiary/aromatic N) is 2. The van der Waals surface area contributed by atoms with E-state index in [2.05, 4.69) is 24.3 Å². The number of aryl methyl sites for hydroxylation is 1. The van der Waals surface area contributed by atoms with Gasteiger partial charge < -0.3 is 15.8 Å². The summed E-state index contributed by atoms with van der Waals surface area (Å²) in [6, 6.07) is 7.07. The smallest absolute Gasteiger partial charge is 0.265 e. The van der Waals surface area contributed by atoms with Crippen LogP contribution in [0.3, 0.4) is 0 Å². The van der Waals surface area contributed by atoms with Crippen molar-refractivity contribution in [3.05, 3.63) is 34.8 Å². The van der Waals surface area contributed by atoms with Crippen molar-refractivity contribution in [2.24, 2.45) is 7.05 Å². The zero-order valence-corrected chi connectivity index (χ0v) is 14.9. The van der Waals surface area contributed by atoms with Crippen LogP contribution < -0.4 is 15.8 Å². The zero-order valence-electron chi connectivity index (χ0n) is 14.1. The highest BCUT2D eigenvalue weighted by atomic mass is 32.1. The molecule has 0 aliphatic rings. The Kier molecular flexibility index (Phi) is 4.19. The summed E-state index contributed by atoms with van der Waals surface area (Å²) < 4.78 is 7.00. The predicted molar refractivity (Wildman–Crippen MR) is 98.0 cm³/mol. The number of fused-ring (bicyclic) bond motifs is 1. The Morgan fingerprint density at radius 3 is 2.79 bits per heavy atom. The first-order valence-corrected chi connectivity index (χ1v) is 8.43. The fourth-order valence-electron chi connectivity index (χ4n) is 2.56. The van der Waals surface area contributed by atoms with E-state index < -0.39 is 0 Å². The number of methoxy groups -OCH3 is 1. The van der Waals surface area contributed by atoms with E-state index in [4.69, 9.17) is 10.5 Å². The van der Waals surface area contributed by atoms with Crippen LogP contribution in [0.2, 0.25) is 0 Å². The molecule has 6 nitrogen and oxygen atoms in total. The van der Waals surface area contributed by atoms with E-state index in [-0.39, 0.29) is 5.91 Å². The minimum Gasteiger partial charge on any atom is -0.497 e. The molecule has 0 aliphatic heterocycles. The fourth-order valence-corrected chi connectivity index (χ4v) is 3.53. The Hall–Kier alpha value is -2.54. The number of carbonyl (C=O) groups excluding carboxylic acids is 1. The number of aromatic nitrogens is 2. The molecule has 2 heterocycles. The predicted octanol–water partition coefficient (Wildman–Crippen LogP) is 3.60. The molecule has 0 atom stereocenters. The second kappa shape index (κ2) is 6.16. The van der Waals surface area contributed by atoms with Gasteiger partial charge in [0.15, 0.2) is 0 Å². The summed E-state index contributed by atoms with van der Waals surface area (Å²) >= 11 is 1.42. The third-order valence-corrected chi connectivity index (χ3v) is 5.02. The molecule has 2 aromatic heterocycles. The number of benzene rings is 1. The topological polar surface area (TPSA) is 82.2 Å². The number of hydrogen-bond donors (Lipinski definition) is 2. The minimum atomic E-state index is -0.189. The lowest BCUT2D eigenvalue weighted by molar-refractivity contribution is 0.103. The average molecular weight is 344 g/mol. The lowest BCUT2D eigenvalue weighted by atomic mass is 10.1. The van der Waals surface area contributed by atoms with Crippen molar-refractivity contribution in [3.8, 4) is 5.75 Å². The SMILES string of the molecule is COc1ccc(N)c(NC(=O)c2cc3c(C(C)C)nn(C)c3s2)c1. The quantitative estimate of drug-likeness (QED) is 0.709. The molecule has 3 aromatic rings. The van der Waals surface area contributed by atoms with Crippen molar-refractivity contribution in [2.45, 2.75) is 19.8 Å². The highest BCUT2D eigenvalue weighted by Gasteiger charge is 2.19. The van der Waals surface area contributed by atoms with Crippen LogP contribution in [0.1, 0.15) is 35.1 Å². The van der Waals surface area contributed by atoms with Crippen LogP contribution in [0.15, 0.2) is 24.3 Å². The number of carbonyl (C=O) groups is 1. The summed E-state index contributed by atoms with van der Waals surface area (Å²) in [6.45, 7) is 4.19. The van der Waals surface area contributed by atoms with E-state index in [9.17, 15) is 4.79 Å². The van der Waals surface area contributed by atoms with Gasteiger partial charge in [-0.25, -0.2) is 0 Å². The third kappa shape index (κ3) is 2.82. The van der Waals surface area contributed by atoms with Crippen LogP contribution in [0.25, 0.3) is 10.2 Å². The van der Waals surface area contributed by atoms with E-state index >= 15 is 0 Å². The van der Waals surface area contributed by atoms with Crippen LogP contribution in [0.5, 0.6) is 5.75 Å². The molecule has 3 rings (SSSR count). The average Bonchev–Trinajstić information content (AvgIpc) is 3.10. The molecule has 1 aromatic carbocycles. The van der Waals surface area contributed by atoms with Crippen LogP contribution >= 0.6 is 11.3 Å². The number of nitrogens with one attached hydrogen (secondary N) is 1. The lowest BCUT2D eigenvalue weighted by Crippen LogP contribution is -2.11. The van der Waals surface area contributed by atoms with E-state index in [0.717, 1.165) is 15.9 Å². The number of rotatable bonds is 4. The Bertz CT molecular complexity index is 911. The summed E-state index contributed by atoms with van der Waals surface area (Å²) in [5.74, 6) is 0.751. The second-order valence-corrected chi connectivity index (χ2v) is 6.93. The van der Waals surface area contributed by atoms with Crippen molar-refractivity contribution in [1.82, 2.24) is 9.78 Å². The summed E-state index contributed by atoms with van der Waals surface area (Å²) in [5, 5.41) is 8.42. The molecule has 126 valence electrons. The Morgan fingerprint density at radius 1 is 1.38 bits per heavy atom. The molecular weight excluding hydrogens is 324 g/mol. The van der Waals surface area contributed by atoms with Crippen LogP contribution in [0, 0.1) is 0 Å². The Balaban J connectivity index is 1.93. The number of hydrogen-bond acceptors (Lipinski definition) is 5. The summed E-state index contributed by atoms with van der Waals surface area (Å²) in [5.41, 5.74) is 7.97. The first-order valence-electron chi connectivity index (χ1n) is 7.62. The molecule has 0 unspecified atom stereocenters. The summed E-state index contributed by atoms with van der Waals surface area (Å²) in [6.07, 6.45) is 0. The van der Waals surface area contributed by atoms with Gasteiger partial charge in [0.1, 0.15) is 10.6 Å². The molecule has 1 amide bonds. The van der Waals surface area contributed by atoms with Crippen molar-refractivity contribution < 1.29 is 9.53 Å². The Labute approximate surface area is 144 Å². The molecule has 0 bridgehead atoms. The van der Waals surface area contributed by atoms with Gasteiger partial charge in [-0.1, -0.05) is 13.8 Å².